The summed E-state index contributed by atoms with van der Waals surface area (Å²) in [6.07, 6.45) is 8.33. The summed E-state index contributed by atoms with van der Waals surface area (Å²) in [5.74, 6) is 1.90. The molecule has 1 aromatic rings. The van der Waals surface area contributed by atoms with E-state index in [1.807, 2.05) is 19.9 Å². The molecule has 0 unspecified atom stereocenters. The van der Waals surface area contributed by atoms with Gasteiger partial charge in [-0.2, -0.15) is 0 Å². The van der Waals surface area contributed by atoms with E-state index in [-0.39, 0.29) is 0 Å². The van der Waals surface area contributed by atoms with E-state index in [2.05, 4.69) is 63.0 Å². The van der Waals surface area contributed by atoms with Crippen molar-refractivity contribution in [1.29, 1.82) is 0 Å². The number of nitrogens with zero attached hydrogens (tertiary/aromatic N) is 1. The zero-order chi connectivity index (χ0) is 20.8. The Labute approximate surface area is 187 Å². The number of unbranched alkanes of at least 4 members (excludes halogenated alkanes) is 3. The smallest absolute Gasteiger partial charge is 0.125 e. The van der Waals surface area contributed by atoms with E-state index in [4.69, 9.17) is 14.3 Å². The molecule has 0 heterocycles. The number of rotatable bonds is 14. The fourth-order valence-electron chi connectivity index (χ4n) is 2.73. The molecule has 4 nitrogen and oxygen atoms in total. The van der Waals surface area contributed by atoms with Crippen molar-refractivity contribution < 1.29 is 14.3 Å². The van der Waals surface area contributed by atoms with Crippen LogP contribution in [0.5, 0.6) is 11.5 Å². The fraction of sp³-hybridized carbons (Fsp3) is 0.591. The van der Waals surface area contributed by atoms with Crippen molar-refractivity contribution >= 4 is 37.6 Å². The maximum Gasteiger partial charge on any atom is 0.125 e. The van der Waals surface area contributed by atoms with Crippen LogP contribution in [0.1, 0.15) is 64.0 Å². The lowest BCUT2D eigenvalue weighted by molar-refractivity contribution is 0.139. The first kappa shape index (κ1) is 25.0. The van der Waals surface area contributed by atoms with Crippen molar-refractivity contribution in [3.8, 4) is 11.5 Å². The van der Waals surface area contributed by atoms with Crippen molar-refractivity contribution in [2.75, 3.05) is 19.8 Å². The third-order valence-electron chi connectivity index (χ3n) is 3.96. The quantitative estimate of drug-likeness (QED) is 0.147. The third-order valence-corrected chi connectivity index (χ3v) is 4.60. The van der Waals surface area contributed by atoms with Crippen LogP contribution in [-0.2, 0) is 11.3 Å². The second-order valence-electron chi connectivity index (χ2n) is 6.92. The number of hydrogen-bond acceptors (Lipinski definition) is 4. The van der Waals surface area contributed by atoms with Gasteiger partial charge in [0.2, 0.25) is 0 Å². The Morgan fingerprint density at radius 1 is 1.04 bits per heavy atom. The molecule has 158 valence electrons. The molecule has 0 aliphatic heterocycles. The zero-order valence-electron chi connectivity index (χ0n) is 17.5. The van der Waals surface area contributed by atoms with Gasteiger partial charge in [-0.25, -0.2) is 0 Å². The number of oxime groups is 1. The van der Waals surface area contributed by atoms with Gasteiger partial charge in [0.25, 0.3) is 0 Å². The standard InChI is InChI=1S/C22H33Br2NO3/c1-5-10-19-16-20(26-14-11-21(23)24)15-18(4)22(19)27-12-8-6-7-9-13-28-25-17(2)3/h11,15-16H,5-10,12-14H2,1-4H3. The molecule has 0 N–H and O–H groups in total. The first-order chi connectivity index (χ1) is 13.4. The highest BCUT2D eigenvalue weighted by Gasteiger charge is 2.10. The monoisotopic (exact) mass is 517 g/mol. The van der Waals surface area contributed by atoms with Gasteiger partial charge in [0, 0.05) is 0 Å². The summed E-state index contributed by atoms with van der Waals surface area (Å²) in [6, 6.07) is 4.16. The van der Waals surface area contributed by atoms with Crippen LogP contribution in [0.25, 0.3) is 0 Å². The summed E-state index contributed by atoms with van der Waals surface area (Å²) in [6.45, 7) is 10.1. The number of ether oxygens (including phenoxy) is 2. The van der Waals surface area contributed by atoms with Crippen LogP contribution in [0.3, 0.4) is 0 Å². The first-order valence-corrected chi connectivity index (χ1v) is 11.6. The third kappa shape index (κ3) is 11.1. The van der Waals surface area contributed by atoms with Crippen LogP contribution in [0.15, 0.2) is 26.8 Å². The first-order valence-electron chi connectivity index (χ1n) is 9.97. The lowest BCUT2D eigenvalue weighted by Crippen LogP contribution is -2.04. The minimum atomic E-state index is 0.518. The highest BCUT2D eigenvalue weighted by Crippen LogP contribution is 2.30. The highest BCUT2D eigenvalue weighted by molar-refractivity contribution is 9.28. The van der Waals surface area contributed by atoms with E-state index in [1.165, 1.54) is 5.56 Å². The van der Waals surface area contributed by atoms with Gasteiger partial charge in [-0.15, -0.1) is 0 Å². The Kier molecular flexibility index (Phi) is 13.3. The fourth-order valence-corrected chi connectivity index (χ4v) is 2.99. The second kappa shape index (κ2) is 14.9. The van der Waals surface area contributed by atoms with Crippen LogP contribution in [0.4, 0.5) is 0 Å². The molecule has 0 aliphatic rings. The summed E-state index contributed by atoms with van der Waals surface area (Å²) in [4.78, 5) is 5.22. The van der Waals surface area contributed by atoms with Gasteiger partial charge in [-0.1, -0.05) is 18.5 Å². The molecule has 0 saturated heterocycles. The molecule has 1 aromatic carbocycles. The number of benzene rings is 1. The Bertz CT molecular complexity index is 637. The molecule has 0 bridgehead atoms. The van der Waals surface area contributed by atoms with E-state index < -0.39 is 0 Å². The van der Waals surface area contributed by atoms with Gasteiger partial charge in [-0.3, -0.25) is 0 Å². The van der Waals surface area contributed by atoms with Gasteiger partial charge < -0.3 is 14.3 Å². The number of aryl methyl sites for hydroxylation is 2. The van der Waals surface area contributed by atoms with Gasteiger partial charge >= 0.3 is 0 Å². The predicted molar refractivity (Wildman–Crippen MR) is 125 cm³/mol. The molecule has 0 fully saturated rings. The largest absolute Gasteiger partial charge is 0.493 e. The lowest BCUT2D eigenvalue weighted by Gasteiger charge is -2.16. The molecule has 0 aliphatic carbocycles. The van der Waals surface area contributed by atoms with Crippen LogP contribution >= 0.6 is 31.9 Å². The van der Waals surface area contributed by atoms with Crippen molar-refractivity contribution in [3.63, 3.8) is 0 Å². The number of halogens is 2. The SMILES string of the molecule is CCCc1cc(OCC=C(Br)Br)cc(C)c1OCCCCCCON=C(C)C. The van der Waals surface area contributed by atoms with Crippen LogP contribution in [-0.4, -0.2) is 25.5 Å². The van der Waals surface area contributed by atoms with E-state index in [0.717, 1.165) is 71.3 Å². The van der Waals surface area contributed by atoms with Crippen LogP contribution in [0.2, 0.25) is 0 Å². The average molecular weight is 519 g/mol. The van der Waals surface area contributed by atoms with Gasteiger partial charge in [-0.05, 0) is 114 Å². The molecule has 0 radical (unpaired) electrons. The molecule has 0 atom stereocenters. The topological polar surface area (TPSA) is 40.0 Å². The summed E-state index contributed by atoms with van der Waals surface area (Å²) < 4.78 is 12.9. The van der Waals surface area contributed by atoms with Crippen molar-refractivity contribution in [1.82, 2.24) is 0 Å². The van der Waals surface area contributed by atoms with Gasteiger partial charge in [0.05, 0.1) is 15.7 Å². The second-order valence-corrected chi connectivity index (χ2v) is 9.69. The van der Waals surface area contributed by atoms with Gasteiger partial charge in [0.1, 0.15) is 24.7 Å². The molecule has 0 spiro atoms. The number of hydrogen-bond donors (Lipinski definition) is 0. The van der Waals surface area contributed by atoms with E-state index in [0.29, 0.717) is 13.2 Å². The Morgan fingerprint density at radius 3 is 2.39 bits per heavy atom. The zero-order valence-corrected chi connectivity index (χ0v) is 20.7. The predicted octanol–water partition coefficient (Wildman–Crippen LogP) is 7.31. The summed E-state index contributed by atoms with van der Waals surface area (Å²) in [7, 11) is 0. The summed E-state index contributed by atoms with van der Waals surface area (Å²) in [5.41, 5.74) is 3.31. The molecule has 1 rings (SSSR count). The lowest BCUT2D eigenvalue weighted by atomic mass is 10.0. The van der Waals surface area contributed by atoms with E-state index in [9.17, 15) is 0 Å². The minimum absolute atomic E-state index is 0.518. The van der Waals surface area contributed by atoms with Crippen molar-refractivity contribution in [2.24, 2.45) is 5.16 Å². The Balaban J connectivity index is 2.46. The van der Waals surface area contributed by atoms with E-state index >= 15 is 0 Å². The summed E-state index contributed by atoms with van der Waals surface area (Å²) >= 11 is 6.69. The summed E-state index contributed by atoms with van der Waals surface area (Å²) in [5, 5.41) is 3.94. The molecular weight excluding hydrogens is 486 g/mol. The molecule has 0 aromatic heterocycles. The molecule has 6 heteroatoms. The highest BCUT2D eigenvalue weighted by atomic mass is 79.9. The van der Waals surface area contributed by atoms with Crippen LogP contribution < -0.4 is 9.47 Å². The Morgan fingerprint density at radius 2 is 1.75 bits per heavy atom. The van der Waals surface area contributed by atoms with Crippen LogP contribution in [0, 0.1) is 6.92 Å². The average Bonchev–Trinajstić information content (AvgIpc) is 2.61. The molecule has 0 saturated carbocycles. The normalized spacial score (nSPS) is 10.4. The Hall–Kier alpha value is -1.01. The maximum absolute atomic E-state index is 6.14. The molecule has 0 amide bonds. The molecular formula is C22H33Br2NO3. The minimum Gasteiger partial charge on any atom is -0.493 e. The maximum atomic E-state index is 6.14. The van der Waals surface area contributed by atoms with Crippen molar-refractivity contribution in [3.05, 3.63) is 32.7 Å². The van der Waals surface area contributed by atoms with Gasteiger partial charge in [0.15, 0.2) is 0 Å². The van der Waals surface area contributed by atoms with E-state index in [1.54, 1.807) is 0 Å². The van der Waals surface area contributed by atoms with Crippen molar-refractivity contribution in [2.45, 2.75) is 66.2 Å². The molecule has 28 heavy (non-hydrogen) atoms.